The number of halogens is 1. The van der Waals surface area contributed by atoms with E-state index in [-0.39, 0.29) is 4.88 Å². The van der Waals surface area contributed by atoms with Crippen molar-refractivity contribution in [1.82, 2.24) is 4.98 Å². The van der Waals surface area contributed by atoms with Crippen molar-refractivity contribution in [2.75, 3.05) is 0 Å². The van der Waals surface area contributed by atoms with Crippen LogP contribution in [0.25, 0.3) is 0 Å². The van der Waals surface area contributed by atoms with Crippen molar-refractivity contribution in [2.45, 2.75) is 16.2 Å². The van der Waals surface area contributed by atoms with Crippen molar-refractivity contribution in [3.63, 3.8) is 0 Å². The lowest BCUT2D eigenvalue weighted by Gasteiger charge is -2.01. The summed E-state index contributed by atoms with van der Waals surface area (Å²) >= 11 is 8.22. The number of aromatic nitrogens is 1. The van der Waals surface area contributed by atoms with Crippen LogP contribution < -0.4 is 0 Å². The summed E-state index contributed by atoms with van der Waals surface area (Å²) < 4.78 is 0.577. The molecular weight excluding hydrogens is 304 g/mol. The average Bonchev–Trinajstić information content (AvgIpc) is 2.71. The van der Waals surface area contributed by atoms with Crippen LogP contribution in [0.2, 0.25) is 5.02 Å². The van der Waals surface area contributed by atoms with Crippen molar-refractivity contribution in [1.29, 1.82) is 5.26 Å². The summed E-state index contributed by atoms with van der Waals surface area (Å²) in [6, 6.07) is 7.00. The number of nitrogens with zero attached hydrogens (tertiary/aromatic N) is 2. The maximum atomic E-state index is 11.0. The van der Waals surface area contributed by atoms with E-state index in [1.807, 2.05) is 0 Å². The molecule has 0 aliphatic rings. The van der Waals surface area contributed by atoms with Gasteiger partial charge in [0.05, 0.1) is 11.3 Å². The summed E-state index contributed by atoms with van der Waals surface area (Å²) in [4.78, 5) is 16.0. The molecule has 0 atom stereocenters. The smallest absolute Gasteiger partial charge is 0.347 e. The van der Waals surface area contributed by atoms with Gasteiger partial charge < -0.3 is 5.11 Å². The standard InChI is InChI=1S/C12H7ClN2O2S2/c1-6-10(11(16)17)19-12(15-6)18-9-4-8(13)3-2-7(9)5-14/h2-4H,1H3,(H,16,17). The van der Waals surface area contributed by atoms with Crippen LogP contribution in [0, 0.1) is 18.3 Å². The number of hydrogen-bond donors (Lipinski definition) is 1. The Labute approximate surface area is 122 Å². The molecule has 19 heavy (non-hydrogen) atoms. The van der Waals surface area contributed by atoms with Gasteiger partial charge in [-0.3, -0.25) is 0 Å². The number of aryl methyl sites for hydroxylation is 1. The van der Waals surface area contributed by atoms with Gasteiger partial charge in [-0.15, -0.1) is 11.3 Å². The minimum Gasteiger partial charge on any atom is -0.477 e. The van der Waals surface area contributed by atoms with Gasteiger partial charge >= 0.3 is 5.97 Å². The van der Waals surface area contributed by atoms with E-state index in [0.29, 0.717) is 25.5 Å². The van der Waals surface area contributed by atoms with Crippen LogP contribution in [-0.2, 0) is 0 Å². The highest BCUT2D eigenvalue weighted by Crippen LogP contribution is 2.35. The molecule has 0 radical (unpaired) electrons. The summed E-state index contributed by atoms with van der Waals surface area (Å²) in [5.41, 5.74) is 0.958. The summed E-state index contributed by atoms with van der Waals surface area (Å²) in [6.45, 7) is 1.65. The van der Waals surface area contributed by atoms with E-state index in [1.165, 1.54) is 11.8 Å². The molecule has 0 spiro atoms. The first-order valence-corrected chi connectivity index (χ1v) is 7.10. The van der Waals surface area contributed by atoms with E-state index in [2.05, 4.69) is 11.1 Å². The first-order chi connectivity index (χ1) is 9.01. The fourth-order valence-corrected chi connectivity index (χ4v) is 3.72. The first kappa shape index (κ1) is 13.9. The zero-order chi connectivity index (χ0) is 14.0. The van der Waals surface area contributed by atoms with E-state index in [0.717, 1.165) is 11.3 Å². The van der Waals surface area contributed by atoms with Crippen LogP contribution in [-0.4, -0.2) is 16.1 Å². The Bertz CT molecular complexity index is 692. The maximum absolute atomic E-state index is 11.0. The number of benzene rings is 1. The number of rotatable bonds is 3. The second kappa shape index (κ2) is 5.61. The Balaban J connectivity index is 2.36. The van der Waals surface area contributed by atoms with Gasteiger partial charge in [0.25, 0.3) is 0 Å². The van der Waals surface area contributed by atoms with Crippen LogP contribution in [0.5, 0.6) is 0 Å². The van der Waals surface area contributed by atoms with Gasteiger partial charge in [0.2, 0.25) is 0 Å². The quantitative estimate of drug-likeness (QED) is 0.932. The second-order valence-corrected chi connectivity index (χ2v) is 6.28. The third-order valence-corrected chi connectivity index (χ3v) is 4.73. The number of aromatic carboxylic acids is 1. The lowest BCUT2D eigenvalue weighted by atomic mass is 10.2. The lowest BCUT2D eigenvalue weighted by molar-refractivity contribution is 0.0701. The van der Waals surface area contributed by atoms with Crippen LogP contribution in [0.4, 0.5) is 0 Å². The molecule has 1 aromatic heterocycles. The molecular formula is C12H7ClN2O2S2. The van der Waals surface area contributed by atoms with Crippen LogP contribution >= 0.6 is 34.7 Å². The second-order valence-electron chi connectivity index (χ2n) is 3.55. The molecule has 0 aliphatic carbocycles. The van der Waals surface area contributed by atoms with Crippen molar-refractivity contribution < 1.29 is 9.90 Å². The molecule has 4 nitrogen and oxygen atoms in total. The molecule has 0 saturated carbocycles. The molecule has 2 rings (SSSR count). The molecule has 7 heteroatoms. The Morgan fingerprint density at radius 1 is 1.58 bits per heavy atom. The molecule has 0 saturated heterocycles. The van der Waals surface area contributed by atoms with Crippen molar-refractivity contribution in [3.8, 4) is 6.07 Å². The fraction of sp³-hybridized carbons (Fsp3) is 0.0833. The molecule has 1 N–H and O–H groups in total. The summed E-state index contributed by atoms with van der Waals surface area (Å²) in [6.07, 6.45) is 0. The third kappa shape index (κ3) is 3.07. The highest BCUT2D eigenvalue weighted by molar-refractivity contribution is 8.01. The minimum atomic E-state index is -0.992. The summed E-state index contributed by atoms with van der Waals surface area (Å²) in [7, 11) is 0. The molecule has 0 aliphatic heterocycles. The highest BCUT2D eigenvalue weighted by Gasteiger charge is 2.15. The van der Waals surface area contributed by atoms with Gasteiger partial charge in [0.15, 0.2) is 4.34 Å². The van der Waals surface area contributed by atoms with E-state index in [1.54, 1.807) is 25.1 Å². The molecule has 2 aromatic rings. The largest absolute Gasteiger partial charge is 0.477 e. The van der Waals surface area contributed by atoms with Crippen molar-refractivity contribution in [3.05, 3.63) is 39.4 Å². The van der Waals surface area contributed by atoms with Gasteiger partial charge in [-0.2, -0.15) is 5.26 Å². The maximum Gasteiger partial charge on any atom is 0.347 e. The summed E-state index contributed by atoms with van der Waals surface area (Å²) in [5, 5.41) is 18.5. The molecule has 96 valence electrons. The average molecular weight is 311 g/mol. The topological polar surface area (TPSA) is 74.0 Å². The molecule has 1 heterocycles. The molecule has 0 fully saturated rings. The Kier molecular flexibility index (Phi) is 4.10. The van der Waals surface area contributed by atoms with Crippen molar-refractivity contribution in [2.24, 2.45) is 0 Å². The highest BCUT2D eigenvalue weighted by atomic mass is 35.5. The van der Waals surface area contributed by atoms with E-state index < -0.39 is 5.97 Å². The fourth-order valence-electron chi connectivity index (χ4n) is 1.38. The Hall–Kier alpha value is -1.55. The van der Waals surface area contributed by atoms with Crippen LogP contribution in [0.1, 0.15) is 20.9 Å². The lowest BCUT2D eigenvalue weighted by Crippen LogP contribution is -1.94. The molecule has 0 bridgehead atoms. The zero-order valence-electron chi connectivity index (χ0n) is 9.68. The first-order valence-electron chi connectivity index (χ1n) is 5.09. The van der Waals surface area contributed by atoms with Crippen LogP contribution in [0.3, 0.4) is 0 Å². The van der Waals surface area contributed by atoms with E-state index in [4.69, 9.17) is 22.0 Å². The number of thiazole rings is 1. The predicted octanol–water partition coefficient (Wildman–Crippen LogP) is 3.83. The van der Waals surface area contributed by atoms with E-state index in [9.17, 15) is 4.79 Å². The van der Waals surface area contributed by atoms with Gasteiger partial charge in [-0.05, 0) is 25.1 Å². The normalized spacial score (nSPS) is 10.2. The Morgan fingerprint density at radius 2 is 2.32 bits per heavy atom. The number of hydrogen-bond acceptors (Lipinski definition) is 5. The third-order valence-electron chi connectivity index (χ3n) is 2.23. The van der Waals surface area contributed by atoms with Gasteiger partial charge in [-0.1, -0.05) is 23.4 Å². The van der Waals surface area contributed by atoms with E-state index >= 15 is 0 Å². The number of nitriles is 1. The van der Waals surface area contributed by atoms with Crippen LogP contribution in [0.15, 0.2) is 27.4 Å². The number of carboxylic acids is 1. The summed E-state index contributed by atoms with van der Waals surface area (Å²) in [5.74, 6) is -0.992. The molecule has 0 amide bonds. The predicted molar refractivity (Wildman–Crippen MR) is 74.1 cm³/mol. The SMILES string of the molecule is Cc1nc(Sc2cc(Cl)ccc2C#N)sc1C(=O)O. The van der Waals surface area contributed by atoms with Gasteiger partial charge in [0, 0.05) is 9.92 Å². The van der Waals surface area contributed by atoms with Gasteiger partial charge in [-0.25, -0.2) is 9.78 Å². The monoisotopic (exact) mass is 310 g/mol. The minimum absolute atomic E-state index is 0.211. The zero-order valence-corrected chi connectivity index (χ0v) is 12.1. The number of carbonyl (C=O) groups is 1. The van der Waals surface area contributed by atoms with Crippen molar-refractivity contribution >= 4 is 40.7 Å². The molecule has 1 aromatic carbocycles. The van der Waals surface area contributed by atoms with Gasteiger partial charge in [0.1, 0.15) is 10.9 Å². The molecule has 0 unspecified atom stereocenters. The number of carboxylic acid groups (broad SMARTS) is 1. The Morgan fingerprint density at radius 3 is 2.89 bits per heavy atom.